The first kappa shape index (κ1) is 25.1. The highest BCUT2D eigenvalue weighted by atomic mass is 35.5. The van der Waals surface area contributed by atoms with E-state index in [-0.39, 0.29) is 23.4 Å². The Bertz CT molecular complexity index is 1310. The first-order valence-electron chi connectivity index (χ1n) is 12.2. The highest BCUT2D eigenvalue weighted by Gasteiger charge is 2.25. The minimum atomic E-state index is -0.0438. The molecule has 0 bridgehead atoms. The van der Waals surface area contributed by atoms with Gasteiger partial charge in [-0.2, -0.15) is 0 Å². The highest BCUT2D eigenvalue weighted by Crippen LogP contribution is 2.26. The zero-order chi connectivity index (χ0) is 24.8. The van der Waals surface area contributed by atoms with Crippen molar-refractivity contribution in [1.82, 2.24) is 14.9 Å². The monoisotopic (exact) mass is 488 g/mol. The van der Waals surface area contributed by atoms with E-state index in [0.717, 1.165) is 17.8 Å². The van der Waals surface area contributed by atoms with E-state index < -0.39 is 0 Å². The first-order valence-corrected chi connectivity index (χ1v) is 12.6. The lowest BCUT2D eigenvalue weighted by molar-refractivity contribution is 0.392. The van der Waals surface area contributed by atoms with Crippen LogP contribution in [0.4, 0.5) is 0 Å². The summed E-state index contributed by atoms with van der Waals surface area (Å²) in [4.78, 5) is 18.7. The van der Waals surface area contributed by atoms with Crippen LogP contribution >= 0.6 is 11.6 Å². The molecule has 0 amide bonds. The minimum absolute atomic E-state index is 0.0128. The summed E-state index contributed by atoms with van der Waals surface area (Å²) in [7, 11) is 0. The summed E-state index contributed by atoms with van der Waals surface area (Å²) in [6, 6.07) is 25.8. The Morgan fingerprint density at radius 3 is 2.34 bits per heavy atom. The summed E-state index contributed by atoms with van der Waals surface area (Å²) in [6.07, 6.45) is 0.826. The van der Waals surface area contributed by atoms with Crippen molar-refractivity contribution >= 4 is 22.5 Å². The molecule has 0 spiro atoms. The largest absolute Gasteiger partial charge is 0.330 e. The maximum Gasteiger partial charge on any atom is 0.261 e. The van der Waals surface area contributed by atoms with Gasteiger partial charge >= 0.3 is 0 Å². The Kier molecular flexibility index (Phi) is 8.34. The van der Waals surface area contributed by atoms with Crippen molar-refractivity contribution < 1.29 is 0 Å². The molecule has 1 heterocycles. The molecule has 2 unspecified atom stereocenters. The van der Waals surface area contributed by atoms with Crippen molar-refractivity contribution in [1.29, 1.82) is 0 Å². The molecule has 1 aromatic heterocycles. The Morgan fingerprint density at radius 1 is 1.00 bits per heavy atom. The maximum atomic E-state index is 13.7. The van der Waals surface area contributed by atoms with Gasteiger partial charge in [0.15, 0.2) is 0 Å². The number of halogens is 1. The number of aromatic nitrogens is 2. The third kappa shape index (κ3) is 5.99. The number of benzene rings is 3. The molecule has 5 nitrogen and oxygen atoms in total. The summed E-state index contributed by atoms with van der Waals surface area (Å²) in [5, 5.41) is 4.88. The smallest absolute Gasteiger partial charge is 0.261 e. The average molecular weight is 489 g/mol. The number of fused-ring (bicyclic) bond motifs is 1. The fraction of sp³-hybridized carbons (Fsp3) is 0.310. The lowest BCUT2D eigenvalue weighted by Crippen LogP contribution is -2.35. The van der Waals surface area contributed by atoms with Gasteiger partial charge in [0.05, 0.1) is 17.4 Å². The van der Waals surface area contributed by atoms with Crippen LogP contribution < -0.4 is 16.6 Å². The van der Waals surface area contributed by atoms with Gasteiger partial charge < -0.3 is 11.1 Å². The van der Waals surface area contributed by atoms with E-state index in [2.05, 4.69) is 31.3 Å². The van der Waals surface area contributed by atoms with Crippen molar-refractivity contribution in [3.8, 4) is 0 Å². The maximum absolute atomic E-state index is 13.7. The number of nitrogens with one attached hydrogen (secondary N) is 1. The first-order chi connectivity index (χ1) is 17.0. The Morgan fingerprint density at radius 2 is 1.69 bits per heavy atom. The van der Waals surface area contributed by atoms with Crippen LogP contribution in [0.1, 0.15) is 49.2 Å². The predicted octanol–water partition coefficient (Wildman–Crippen LogP) is 5.52. The molecule has 0 aliphatic heterocycles. The highest BCUT2D eigenvalue weighted by molar-refractivity contribution is 6.31. The van der Waals surface area contributed by atoms with Crippen LogP contribution in [0.15, 0.2) is 83.7 Å². The molecule has 0 saturated heterocycles. The molecule has 6 heteroatoms. The second-order valence-corrected chi connectivity index (χ2v) is 9.74. The zero-order valence-electron chi connectivity index (χ0n) is 20.3. The standard InChI is InChI=1S/C29H33ClN4O/c1-20(2)25(18-32-26(15-16-31)22-11-7-4-8-12-22)28-33-27-17-23(30)13-14-24(27)29(35)34(28)19-21-9-5-3-6-10-21/h3-14,17,20,25-26,32H,15-16,18-19,31H2,1-2H3. The van der Waals surface area contributed by atoms with Gasteiger partial charge in [0.25, 0.3) is 5.56 Å². The molecule has 4 rings (SSSR count). The van der Waals surface area contributed by atoms with Gasteiger partial charge in [-0.25, -0.2) is 4.98 Å². The molecule has 0 fully saturated rings. The van der Waals surface area contributed by atoms with Gasteiger partial charge in [0.1, 0.15) is 5.82 Å². The Balaban J connectivity index is 1.76. The van der Waals surface area contributed by atoms with Crippen LogP contribution in [0, 0.1) is 5.92 Å². The summed E-state index contributed by atoms with van der Waals surface area (Å²) < 4.78 is 1.83. The molecule has 0 saturated carbocycles. The molecule has 182 valence electrons. The van der Waals surface area contributed by atoms with Gasteiger partial charge in [-0.15, -0.1) is 0 Å². The van der Waals surface area contributed by atoms with E-state index in [0.29, 0.717) is 35.6 Å². The molecule has 3 N–H and O–H groups in total. The Hall–Kier alpha value is -2.99. The van der Waals surface area contributed by atoms with Gasteiger partial charge in [-0.3, -0.25) is 9.36 Å². The van der Waals surface area contributed by atoms with Gasteiger partial charge in [0, 0.05) is 23.5 Å². The molecule has 0 aliphatic carbocycles. The van der Waals surface area contributed by atoms with Gasteiger partial charge in [0.2, 0.25) is 0 Å². The molecule has 3 aromatic carbocycles. The quantitative estimate of drug-likeness (QED) is 0.308. The van der Waals surface area contributed by atoms with Crippen molar-refractivity contribution in [2.75, 3.05) is 13.1 Å². The second kappa shape index (κ2) is 11.6. The normalized spacial score (nSPS) is 13.3. The molecule has 2 atom stereocenters. The molecule has 35 heavy (non-hydrogen) atoms. The summed E-state index contributed by atoms with van der Waals surface area (Å²) >= 11 is 6.27. The number of nitrogens with two attached hydrogens (primary N) is 1. The summed E-state index contributed by atoms with van der Waals surface area (Å²) in [5.41, 5.74) is 8.80. The topological polar surface area (TPSA) is 72.9 Å². The minimum Gasteiger partial charge on any atom is -0.330 e. The molecule has 0 radical (unpaired) electrons. The van der Waals surface area contributed by atoms with Crippen LogP contribution in [0.5, 0.6) is 0 Å². The number of hydrogen-bond donors (Lipinski definition) is 2. The molecular weight excluding hydrogens is 456 g/mol. The van der Waals surface area contributed by atoms with Gasteiger partial charge in [-0.1, -0.05) is 86.1 Å². The van der Waals surface area contributed by atoms with Crippen LogP contribution in [0.2, 0.25) is 5.02 Å². The van der Waals surface area contributed by atoms with Crippen LogP contribution in [-0.2, 0) is 6.54 Å². The SMILES string of the molecule is CC(C)C(CNC(CCN)c1ccccc1)c1nc2cc(Cl)ccc2c(=O)n1Cc1ccccc1. The molecule has 0 aliphatic rings. The lowest BCUT2D eigenvalue weighted by Gasteiger charge is -2.27. The van der Waals surface area contributed by atoms with E-state index in [1.165, 1.54) is 5.56 Å². The van der Waals surface area contributed by atoms with Crippen LogP contribution in [0.25, 0.3) is 10.9 Å². The van der Waals surface area contributed by atoms with Crippen molar-refractivity contribution in [2.24, 2.45) is 11.7 Å². The molecule has 4 aromatic rings. The number of rotatable bonds is 10. The van der Waals surface area contributed by atoms with Gasteiger partial charge in [-0.05, 0) is 48.2 Å². The van der Waals surface area contributed by atoms with Crippen molar-refractivity contribution in [2.45, 2.75) is 38.8 Å². The molecular formula is C29H33ClN4O. The van der Waals surface area contributed by atoms with Crippen LogP contribution in [0.3, 0.4) is 0 Å². The van der Waals surface area contributed by atoms with E-state index in [1.54, 1.807) is 18.2 Å². The van der Waals surface area contributed by atoms with Crippen LogP contribution in [-0.4, -0.2) is 22.6 Å². The third-order valence-electron chi connectivity index (χ3n) is 6.51. The predicted molar refractivity (Wildman–Crippen MR) is 145 cm³/mol. The third-order valence-corrected chi connectivity index (χ3v) is 6.74. The van der Waals surface area contributed by atoms with E-state index in [9.17, 15) is 4.79 Å². The van der Waals surface area contributed by atoms with E-state index in [4.69, 9.17) is 22.3 Å². The van der Waals surface area contributed by atoms with E-state index in [1.807, 2.05) is 53.1 Å². The fourth-order valence-electron chi connectivity index (χ4n) is 4.55. The van der Waals surface area contributed by atoms with E-state index >= 15 is 0 Å². The average Bonchev–Trinajstić information content (AvgIpc) is 2.86. The summed E-state index contributed by atoms with van der Waals surface area (Å²) in [5.74, 6) is 1.04. The Labute approximate surface area is 212 Å². The zero-order valence-corrected chi connectivity index (χ0v) is 21.1. The lowest BCUT2D eigenvalue weighted by atomic mass is 9.93. The number of hydrogen-bond acceptors (Lipinski definition) is 4. The second-order valence-electron chi connectivity index (χ2n) is 9.31. The summed E-state index contributed by atoms with van der Waals surface area (Å²) in [6.45, 7) is 6.07. The van der Waals surface area contributed by atoms with Crippen molar-refractivity contribution in [3.63, 3.8) is 0 Å². The number of nitrogens with zero attached hydrogens (tertiary/aromatic N) is 2. The van der Waals surface area contributed by atoms with Crippen molar-refractivity contribution in [3.05, 3.63) is 111 Å². The fourth-order valence-corrected chi connectivity index (χ4v) is 4.71.